The topological polar surface area (TPSA) is 118 Å². The van der Waals surface area contributed by atoms with Crippen molar-refractivity contribution in [3.63, 3.8) is 0 Å². The molecule has 3 amide bonds. The van der Waals surface area contributed by atoms with Crippen molar-refractivity contribution in [1.82, 2.24) is 24.8 Å². The number of carbonyl (C=O) groups excluding carboxylic acids is 3. The normalized spacial score (nSPS) is 16.2. The van der Waals surface area contributed by atoms with Crippen molar-refractivity contribution in [1.29, 1.82) is 0 Å². The van der Waals surface area contributed by atoms with Gasteiger partial charge in [-0.3, -0.25) is 19.4 Å². The molecule has 0 saturated carbocycles. The fourth-order valence-electron chi connectivity index (χ4n) is 4.85. The molecule has 12 radical (unpaired) electrons. The van der Waals surface area contributed by atoms with E-state index in [-0.39, 0.29) is 28.7 Å². The van der Waals surface area contributed by atoms with E-state index in [9.17, 15) is 27.6 Å². The molecule has 1 aromatic carbocycles. The van der Waals surface area contributed by atoms with Gasteiger partial charge in [0.2, 0.25) is 18.1 Å². The zero-order valence-electron chi connectivity index (χ0n) is 25.0. The Balaban J connectivity index is 0.000000343. The molecule has 3 aromatic heterocycles. The van der Waals surface area contributed by atoms with Crippen LogP contribution in [0.1, 0.15) is 28.9 Å². The Bertz CT molecular complexity index is 1830. The second kappa shape index (κ2) is 13.0. The average Bonchev–Trinajstić information content (AvgIpc) is 3.72. The number of ether oxygens (including phenoxy) is 1. The van der Waals surface area contributed by atoms with Crippen LogP contribution >= 0.6 is 11.3 Å². The SMILES string of the molecule is O=CN1Cc2ncccc2O1.[B]C([B])([B])N(C(=O)CN1C(=O)c2oc3cc(-c4nc(C(F)(F)F)cs4)ccc3c2OCC1C)C([B])([B])[B]. The summed E-state index contributed by atoms with van der Waals surface area (Å²) in [6.45, 7) is 1.39. The molecule has 5 heterocycles. The van der Waals surface area contributed by atoms with Gasteiger partial charge < -0.3 is 23.8 Å². The van der Waals surface area contributed by atoms with Crippen LogP contribution in [0.3, 0.4) is 0 Å². The van der Waals surface area contributed by atoms with Crippen LogP contribution in [0.15, 0.2) is 46.3 Å². The Labute approximate surface area is 283 Å². The summed E-state index contributed by atoms with van der Waals surface area (Å²) >= 11 is 0.808. The highest BCUT2D eigenvalue weighted by atomic mass is 32.1. The Kier molecular flexibility index (Phi) is 9.47. The third-order valence-electron chi connectivity index (χ3n) is 6.96. The minimum atomic E-state index is -4.58. The van der Waals surface area contributed by atoms with Crippen LogP contribution in [0.2, 0.25) is 0 Å². The maximum absolute atomic E-state index is 13.4. The van der Waals surface area contributed by atoms with Gasteiger partial charge in [0.25, 0.3) is 5.91 Å². The number of amides is 3. The molecular weight excluding hydrogens is 644 g/mol. The third kappa shape index (κ3) is 7.25. The predicted molar refractivity (Wildman–Crippen MR) is 172 cm³/mol. The lowest BCUT2D eigenvalue weighted by Gasteiger charge is -2.49. The number of carbonyl (C=O) groups is 3. The standard InChI is InChI=1S/C20H12B6F3N3O4S.C7H6N2O2/c1-8-6-35-14-10-3-2-9(16-30-12(7-37-16)18(27,28)29)4-11(10)36-15(14)17(34)31(8)5-13(33)32(19(21,22)23)20(24,25)26;10-5-9-4-6-7(11-9)2-1-3-8-6/h2-4,7-8H,5-6H2,1H3;1-3,5H,4H2. The van der Waals surface area contributed by atoms with E-state index in [2.05, 4.69) is 9.97 Å². The first-order chi connectivity index (χ1) is 22.4. The number of hydrogen-bond acceptors (Lipinski definition) is 9. The van der Waals surface area contributed by atoms with E-state index in [1.165, 1.54) is 17.2 Å². The lowest BCUT2D eigenvalue weighted by molar-refractivity contribution is -0.141. The molecular formula is C27H18B6F3N5O6S. The van der Waals surface area contributed by atoms with Gasteiger partial charge in [-0.1, -0.05) is 16.5 Å². The Morgan fingerprint density at radius 1 is 1.15 bits per heavy atom. The quantitative estimate of drug-likeness (QED) is 0.224. The number of halogens is 3. The number of pyridine rings is 1. The Morgan fingerprint density at radius 2 is 1.85 bits per heavy atom. The maximum Gasteiger partial charge on any atom is 0.434 e. The molecule has 11 nitrogen and oxygen atoms in total. The van der Waals surface area contributed by atoms with Gasteiger partial charge in [0.15, 0.2) is 17.2 Å². The summed E-state index contributed by atoms with van der Waals surface area (Å²) in [6.07, 6.45) is -2.26. The summed E-state index contributed by atoms with van der Waals surface area (Å²) in [5.74, 6) is -1.14. The van der Waals surface area contributed by atoms with Crippen molar-refractivity contribution in [2.75, 3.05) is 13.2 Å². The monoisotopic (exact) mass is 663 g/mol. The summed E-state index contributed by atoms with van der Waals surface area (Å²) in [5.41, 5.74) is 0.296. The van der Waals surface area contributed by atoms with Gasteiger partial charge in [0, 0.05) is 17.1 Å². The van der Waals surface area contributed by atoms with Gasteiger partial charge in [0.1, 0.15) is 36.0 Å². The average molecular weight is 662 g/mol. The molecule has 1 unspecified atom stereocenters. The van der Waals surface area contributed by atoms with Crippen molar-refractivity contribution < 1.29 is 41.5 Å². The maximum atomic E-state index is 13.4. The smallest absolute Gasteiger partial charge is 0.434 e. The number of rotatable bonds is 6. The van der Waals surface area contributed by atoms with Crippen molar-refractivity contribution in [3.05, 3.63) is 59.1 Å². The fourth-order valence-corrected chi connectivity index (χ4v) is 5.68. The van der Waals surface area contributed by atoms with Crippen LogP contribution in [-0.4, -0.2) is 120 Å². The second-order valence-electron chi connectivity index (χ2n) is 10.8. The molecule has 0 bridgehead atoms. The lowest BCUT2D eigenvalue weighted by atomic mass is 9.40. The third-order valence-corrected chi connectivity index (χ3v) is 7.85. The summed E-state index contributed by atoms with van der Waals surface area (Å²) in [6, 6.07) is 7.43. The molecule has 4 aromatic rings. The molecule has 2 aliphatic rings. The van der Waals surface area contributed by atoms with Crippen LogP contribution in [-0.2, 0) is 22.3 Å². The van der Waals surface area contributed by atoms with Gasteiger partial charge >= 0.3 is 6.18 Å². The predicted octanol–water partition coefficient (Wildman–Crippen LogP) is 1.21. The number of hydrogen-bond donors (Lipinski definition) is 0. The number of fused-ring (bicyclic) bond motifs is 4. The zero-order chi connectivity index (χ0) is 35.2. The molecule has 232 valence electrons. The number of alkyl halides is 3. The van der Waals surface area contributed by atoms with Gasteiger partial charge in [-0.25, -0.2) is 4.98 Å². The second-order valence-corrected chi connectivity index (χ2v) is 11.7. The largest absolute Gasteiger partial charge is 0.487 e. The zero-order valence-corrected chi connectivity index (χ0v) is 25.8. The van der Waals surface area contributed by atoms with Crippen LogP contribution in [0.5, 0.6) is 11.5 Å². The summed E-state index contributed by atoms with van der Waals surface area (Å²) in [7, 11) is 33.6. The summed E-state index contributed by atoms with van der Waals surface area (Å²) in [4.78, 5) is 50.9. The summed E-state index contributed by atoms with van der Waals surface area (Å²) < 4.78 is 50.4. The van der Waals surface area contributed by atoms with Crippen LogP contribution in [0.25, 0.3) is 21.5 Å². The van der Waals surface area contributed by atoms with E-state index in [0.717, 1.165) is 27.3 Å². The Hall–Kier alpha value is -4.27. The van der Waals surface area contributed by atoms with E-state index in [4.69, 9.17) is 61.1 Å². The first kappa shape index (κ1) is 35.0. The molecule has 48 heavy (non-hydrogen) atoms. The fraction of sp³-hybridized carbons (Fsp3) is 0.296. The van der Waals surface area contributed by atoms with Gasteiger partial charge in [-0.05, 0) is 31.2 Å². The van der Waals surface area contributed by atoms with Crippen molar-refractivity contribution in [2.24, 2.45) is 0 Å². The van der Waals surface area contributed by atoms with Crippen LogP contribution in [0.4, 0.5) is 13.2 Å². The highest BCUT2D eigenvalue weighted by Crippen LogP contribution is 2.40. The molecule has 1 atom stereocenters. The molecule has 0 N–H and O–H groups in total. The highest BCUT2D eigenvalue weighted by molar-refractivity contribution is 7.13. The highest BCUT2D eigenvalue weighted by Gasteiger charge is 2.39. The first-order valence-electron chi connectivity index (χ1n) is 13.8. The van der Waals surface area contributed by atoms with Gasteiger partial charge in [-0.2, -0.15) is 18.2 Å². The van der Waals surface area contributed by atoms with E-state index in [0.29, 0.717) is 34.6 Å². The van der Waals surface area contributed by atoms with Crippen LogP contribution in [0, 0.1) is 0 Å². The lowest BCUT2D eigenvalue weighted by Crippen LogP contribution is -2.67. The number of aromatic nitrogens is 2. The first-order valence-corrected chi connectivity index (χ1v) is 14.7. The minimum Gasteiger partial charge on any atom is -0.487 e. The number of thiazole rings is 1. The van der Waals surface area contributed by atoms with E-state index in [1.54, 1.807) is 31.3 Å². The molecule has 0 aliphatic carbocycles. The Morgan fingerprint density at radius 3 is 2.46 bits per heavy atom. The van der Waals surface area contributed by atoms with E-state index in [1.807, 2.05) is 0 Å². The summed E-state index contributed by atoms with van der Waals surface area (Å²) in [5, 5.41) is -2.06. The van der Waals surface area contributed by atoms with Gasteiger partial charge in [-0.15, -0.1) is 11.3 Å². The minimum absolute atomic E-state index is 0.0398. The van der Waals surface area contributed by atoms with E-state index < -0.39 is 46.7 Å². The number of hydroxylamine groups is 2. The number of benzene rings is 1. The van der Waals surface area contributed by atoms with Crippen LogP contribution < -0.4 is 9.57 Å². The molecule has 0 spiro atoms. The van der Waals surface area contributed by atoms with Crippen molar-refractivity contribution in [2.45, 2.75) is 36.2 Å². The van der Waals surface area contributed by atoms with Gasteiger partial charge in [0.05, 0.1) is 58.5 Å². The number of furan rings is 1. The van der Waals surface area contributed by atoms with Crippen molar-refractivity contribution >= 4 is 87.6 Å². The molecule has 2 aliphatic heterocycles. The molecule has 0 fully saturated rings. The van der Waals surface area contributed by atoms with Crippen molar-refractivity contribution in [3.8, 4) is 22.1 Å². The molecule has 21 heteroatoms. The number of nitrogens with zero attached hydrogens (tertiary/aromatic N) is 5. The molecule has 6 rings (SSSR count). The van der Waals surface area contributed by atoms with E-state index >= 15 is 0 Å². The molecule has 0 saturated heterocycles.